The Labute approximate surface area is 166 Å². The fourth-order valence-electron chi connectivity index (χ4n) is 2.87. The molecule has 2 N–H and O–H groups in total. The Morgan fingerprint density at radius 2 is 2.03 bits per heavy atom. The van der Waals surface area contributed by atoms with Crippen molar-refractivity contribution in [1.82, 2.24) is 20.3 Å². The molecule has 2 heterocycles. The van der Waals surface area contributed by atoms with Crippen molar-refractivity contribution in [1.29, 1.82) is 0 Å². The molecule has 0 saturated heterocycles. The molecule has 10 heteroatoms. The van der Waals surface area contributed by atoms with Crippen LogP contribution in [0.2, 0.25) is 0 Å². The van der Waals surface area contributed by atoms with Crippen molar-refractivity contribution in [3.63, 3.8) is 0 Å². The van der Waals surface area contributed by atoms with Gasteiger partial charge >= 0.3 is 5.69 Å². The molecule has 0 fully saturated rings. The third kappa shape index (κ3) is 4.84. The number of rotatable bonds is 9. The van der Waals surface area contributed by atoms with Crippen LogP contribution in [0.1, 0.15) is 43.8 Å². The van der Waals surface area contributed by atoms with Gasteiger partial charge in [0.1, 0.15) is 5.69 Å². The zero-order chi connectivity index (χ0) is 20.8. The number of aromatic amines is 1. The predicted octanol–water partition coefficient (Wildman–Crippen LogP) is 3.45. The van der Waals surface area contributed by atoms with E-state index >= 15 is 0 Å². The van der Waals surface area contributed by atoms with E-state index in [1.54, 1.807) is 6.92 Å². The first-order valence-corrected chi connectivity index (χ1v) is 9.45. The Hall–Kier alpha value is -3.56. The molecule has 0 aliphatic heterocycles. The zero-order valence-corrected chi connectivity index (χ0v) is 16.3. The van der Waals surface area contributed by atoms with E-state index in [0.717, 1.165) is 19.3 Å². The minimum atomic E-state index is -0.543. The molecule has 1 aromatic carbocycles. The summed E-state index contributed by atoms with van der Waals surface area (Å²) in [7, 11) is 0. The van der Waals surface area contributed by atoms with Gasteiger partial charge in [-0.1, -0.05) is 37.6 Å². The number of hydrogen-bond acceptors (Lipinski definition) is 7. The van der Waals surface area contributed by atoms with Crippen LogP contribution in [0.15, 0.2) is 28.8 Å². The number of hydrogen-bond donors (Lipinski definition) is 2. The van der Waals surface area contributed by atoms with Gasteiger partial charge in [-0.2, -0.15) is 10.1 Å². The number of nitrogens with zero attached hydrogens (tertiary/aromatic N) is 4. The van der Waals surface area contributed by atoms with E-state index < -0.39 is 4.92 Å². The Morgan fingerprint density at radius 1 is 1.28 bits per heavy atom. The third-order valence-electron chi connectivity index (χ3n) is 4.39. The van der Waals surface area contributed by atoms with Crippen molar-refractivity contribution < 1.29 is 14.2 Å². The van der Waals surface area contributed by atoms with Crippen LogP contribution in [0.3, 0.4) is 0 Å². The van der Waals surface area contributed by atoms with Gasteiger partial charge in [0, 0.05) is 5.69 Å². The van der Waals surface area contributed by atoms with Gasteiger partial charge in [-0.05, 0) is 37.0 Å². The van der Waals surface area contributed by atoms with E-state index in [9.17, 15) is 14.9 Å². The molecule has 3 rings (SSSR count). The van der Waals surface area contributed by atoms with Crippen LogP contribution in [0.4, 0.5) is 11.4 Å². The van der Waals surface area contributed by atoms with E-state index in [4.69, 9.17) is 4.52 Å². The molecular formula is C19H22N6O4. The molecule has 0 radical (unpaired) electrons. The molecule has 0 aliphatic rings. The molecule has 152 valence electrons. The summed E-state index contributed by atoms with van der Waals surface area (Å²) in [5.74, 6) is -0.299. The number of carbonyl (C=O) groups is 1. The maximum Gasteiger partial charge on any atom is 0.322 e. The highest BCUT2D eigenvalue weighted by Crippen LogP contribution is 2.29. The highest BCUT2D eigenvalue weighted by molar-refractivity contribution is 5.91. The second-order valence-electron chi connectivity index (χ2n) is 6.55. The van der Waals surface area contributed by atoms with E-state index in [2.05, 4.69) is 32.6 Å². The van der Waals surface area contributed by atoms with Gasteiger partial charge in [-0.15, -0.1) is 0 Å². The number of benzene rings is 1. The maximum absolute atomic E-state index is 12.2. The Morgan fingerprint density at radius 3 is 2.69 bits per heavy atom. The molecule has 1 amide bonds. The summed E-state index contributed by atoms with van der Waals surface area (Å²) in [6.45, 7) is 3.91. The normalized spacial score (nSPS) is 10.8. The predicted molar refractivity (Wildman–Crippen MR) is 105 cm³/mol. The first-order chi connectivity index (χ1) is 14.0. The van der Waals surface area contributed by atoms with Crippen LogP contribution >= 0.6 is 0 Å². The number of carbonyl (C=O) groups excluding carboxylic acids is 1. The maximum atomic E-state index is 12.2. The molecule has 2 aromatic heterocycles. The number of amides is 1. The smallest absolute Gasteiger partial charge is 0.322 e. The zero-order valence-electron chi connectivity index (χ0n) is 16.3. The quantitative estimate of drug-likeness (QED) is 0.415. The largest absolute Gasteiger partial charge is 0.332 e. The van der Waals surface area contributed by atoms with Crippen molar-refractivity contribution in [3.05, 3.63) is 51.5 Å². The van der Waals surface area contributed by atoms with Gasteiger partial charge in [0.05, 0.1) is 11.3 Å². The first-order valence-electron chi connectivity index (χ1n) is 9.45. The number of nitro groups is 1. The van der Waals surface area contributed by atoms with Crippen LogP contribution in [-0.2, 0) is 24.1 Å². The van der Waals surface area contributed by atoms with Gasteiger partial charge in [-0.25, -0.2) is 0 Å². The molecule has 0 atom stereocenters. The van der Waals surface area contributed by atoms with E-state index in [1.807, 2.05) is 24.3 Å². The molecule has 0 bridgehead atoms. The van der Waals surface area contributed by atoms with Crippen molar-refractivity contribution in [3.8, 4) is 11.6 Å². The Kier molecular flexibility index (Phi) is 6.32. The second kappa shape index (κ2) is 9.09. The number of H-pyrrole nitrogens is 1. The van der Waals surface area contributed by atoms with Gasteiger partial charge in [0.2, 0.25) is 11.6 Å². The lowest BCUT2D eigenvalue weighted by atomic mass is 10.1. The second-order valence-corrected chi connectivity index (χ2v) is 6.55. The lowest BCUT2D eigenvalue weighted by Crippen LogP contribution is -2.15. The fraction of sp³-hybridized carbons (Fsp3) is 0.368. The summed E-state index contributed by atoms with van der Waals surface area (Å²) in [4.78, 5) is 27.1. The van der Waals surface area contributed by atoms with Crippen molar-refractivity contribution in [2.45, 2.75) is 46.0 Å². The van der Waals surface area contributed by atoms with Gasteiger partial charge in [0.15, 0.2) is 5.82 Å². The van der Waals surface area contributed by atoms with E-state index in [0.29, 0.717) is 17.8 Å². The first kappa shape index (κ1) is 20.2. The molecule has 0 saturated carbocycles. The summed E-state index contributed by atoms with van der Waals surface area (Å²) in [6, 6.07) is 7.67. The molecule has 3 aromatic rings. The minimum absolute atomic E-state index is 0.0336. The summed E-state index contributed by atoms with van der Waals surface area (Å²) in [5.41, 5.74) is 2.03. The molecular weight excluding hydrogens is 376 g/mol. The minimum Gasteiger partial charge on any atom is -0.332 e. The molecule has 0 aliphatic carbocycles. The summed E-state index contributed by atoms with van der Waals surface area (Å²) < 4.78 is 5.08. The summed E-state index contributed by atoms with van der Waals surface area (Å²) >= 11 is 0. The van der Waals surface area contributed by atoms with Gasteiger partial charge < -0.3 is 9.84 Å². The highest BCUT2D eigenvalue weighted by Gasteiger charge is 2.28. The summed E-state index contributed by atoms with van der Waals surface area (Å²) in [5, 5.41) is 24.3. The lowest BCUT2D eigenvalue weighted by Gasteiger charge is -2.05. The number of aryl methyl sites for hydroxylation is 2. The molecule has 0 unspecified atom stereocenters. The van der Waals surface area contributed by atoms with Crippen LogP contribution in [0.5, 0.6) is 0 Å². The molecule has 29 heavy (non-hydrogen) atoms. The van der Waals surface area contributed by atoms with Crippen molar-refractivity contribution in [2.24, 2.45) is 0 Å². The van der Waals surface area contributed by atoms with Crippen LogP contribution in [-0.4, -0.2) is 31.2 Å². The Balaban J connectivity index is 1.65. The van der Waals surface area contributed by atoms with Crippen molar-refractivity contribution in [2.75, 3.05) is 5.32 Å². The van der Waals surface area contributed by atoms with E-state index in [-0.39, 0.29) is 35.4 Å². The number of unbranched alkanes of at least 4 members (excludes halogenated alkanes) is 1. The number of aromatic nitrogens is 4. The highest BCUT2D eigenvalue weighted by atomic mass is 16.6. The topological polar surface area (TPSA) is 140 Å². The van der Waals surface area contributed by atoms with Gasteiger partial charge in [0.25, 0.3) is 5.89 Å². The lowest BCUT2D eigenvalue weighted by molar-refractivity contribution is -0.384. The van der Waals surface area contributed by atoms with Crippen molar-refractivity contribution >= 4 is 17.3 Å². The average Bonchev–Trinajstić information content (AvgIpc) is 3.33. The average molecular weight is 398 g/mol. The summed E-state index contributed by atoms with van der Waals surface area (Å²) in [6.07, 6.45) is 3.55. The standard InChI is InChI=1S/C19H22N6O4/c1-3-5-6-12-7-9-13(10-8-12)20-16(26)11-15-21-19(29-24-15)17-18(25(27)28)14(4-2)22-23-17/h7-10H,3-6,11H2,1-2H3,(H,20,26)(H,22,23). The fourth-order valence-corrected chi connectivity index (χ4v) is 2.87. The Bertz CT molecular complexity index is 993. The van der Waals surface area contributed by atoms with E-state index in [1.165, 1.54) is 5.56 Å². The molecule has 0 spiro atoms. The number of anilines is 1. The third-order valence-corrected chi connectivity index (χ3v) is 4.39. The monoisotopic (exact) mass is 398 g/mol. The SMILES string of the molecule is CCCCc1ccc(NC(=O)Cc2noc(-c3n[nH]c(CC)c3[N+](=O)[O-])n2)cc1. The number of nitrogens with one attached hydrogen (secondary N) is 2. The van der Waals surface area contributed by atoms with Gasteiger partial charge in [-0.3, -0.25) is 20.0 Å². The van der Waals surface area contributed by atoms with Crippen LogP contribution in [0, 0.1) is 10.1 Å². The van der Waals surface area contributed by atoms with Crippen LogP contribution < -0.4 is 5.32 Å². The van der Waals surface area contributed by atoms with Crippen LogP contribution in [0.25, 0.3) is 11.6 Å². The molecule has 10 nitrogen and oxygen atoms in total.